The van der Waals surface area contributed by atoms with Crippen LogP contribution in [0.1, 0.15) is 22.8 Å². The molecule has 5 heteroatoms. The molecule has 106 valence electrons. The van der Waals surface area contributed by atoms with Gasteiger partial charge in [0.15, 0.2) is 5.82 Å². The number of para-hydroxylation sites is 1. The summed E-state index contributed by atoms with van der Waals surface area (Å²) in [6.07, 6.45) is 0.930. The van der Waals surface area contributed by atoms with Gasteiger partial charge in [0.1, 0.15) is 11.5 Å². The molecule has 21 heavy (non-hydrogen) atoms. The van der Waals surface area contributed by atoms with E-state index in [1.54, 1.807) is 24.3 Å². The third-order valence-electron chi connectivity index (χ3n) is 3.14. The lowest BCUT2D eigenvalue weighted by atomic mass is 10.1. The molecule has 2 N–H and O–H groups in total. The highest BCUT2D eigenvalue weighted by molar-refractivity contribution is 5.33. The Kier molecular flexibility index (Phi) is 3.55. The van der Waals surface area contributed by atoms with Crippen molar-refractivity contribution < 1.29 is 14.7 Å². The third-order valence-corrected chi connectivity index (χ3v) is 3.14. The highest BCUT2D eigenvalue weighted by Gasteiger charge is 2.10. The summed E-state index contributed by atoms with van der Waals surface area (Å²) < 4.78 is 5.20. The number of hydrogen-bond acceptors (Lipinski definition) is 5. The van der Waals surface area contributed by atoms with Gasteiger partial charge in [-0.05, 0) is 23.8 Å². The van der Waals surface area contributed by atoms with Crippen LogP contribution in [0.2, 0.25) is 0 Å². The number of hydrogen-bond donors (Lipinski definition) is 2. The number of rotatable bonds is 4. The van der Waals surface area contributed by atoms with Crippen LogP contribution in [0.5, 0.6) is 11.5 Å². The van der Waals surface area contributed by atoms with Crippen LogP contribution in [0.25, 0.3) is 0 Å². The Hall–Kier alpha value is -2.82. The second-order valence-corrected chi connectivity index (χ2v) is 4.75. The van der Waals surface area contributed by atoms with Crippen molar-refractivity contribution in [2.45, 2.75) is 12.8 Å². The Bertz CT molecular complexity index is 735. The summed E-state index contributed by atoms with van der Waals surface area (Å²) >= 11 is 0. The molecule has 5 nitrogen and oxygen atoms in total. The fraction of sp³-hybridized carbons (Fsp3) is 0.125. The van der Waals surface area contributed by atoms with Gasteiger partial charge in [0.05, 0.1) is 6.42 Å². The first-order valence-electron chi connectivity index (χ1n) is 6.57. The fourth-order valence-electron chi connectivity index (χ4n) is 2.05. The zero-order valence-corrected chi connectivity index (χ0v) is 11.2. The van der Waals surface area contributed by atoms with Gasteiger partial charge >= 0.3 is 0 Å². The number of aromatic nitrogens is 2. The van der Waals surface area contributed by atoms with Gasteiger partial charge in [-0.2, -0.15) is 4.98 Å². The molecule has 0 aliphatic rings. The molecule has 0 spiro atoms. The zero-order chi connectivity index (χ0) is 14.7. The second-order valence-electron chi connectivity index (χ2n) is 4.75. The molecule has 3 rings (SSSR count). The maximum absolute atomic E-state index is 9.73. The molecule has 1 aromatic heterocycles. The van der Waals surface area contributed by atoms with Crippen LogP contribution < -0.4 is 0 Å². The van der Waals surface area contributed by atoms with E-state index in [2.05, 4.69) is 10.1 Å². The minimum absolute atomic E-state index is 0.218. The van der Waals surface area contributed by atoms with Crippen LogP contribution in [0, 0.1) is 0 Å². The predicted octanol–water partition coefficient (Wildman–Crippen LogP) is 2.66. The lowest BCUT2D eigenvalue weighted by molar-refractivity contribution is 0.378. The fourth-order valence-corrected chi connectivity index (χ4v) is 2.05. The topological polar surface area (TPSA) is 79.4 Å². The van der Waals surface area contributed by atoms with Gasteiger partial charge in [-0.15, -0.1) is 0 Å². The summed E-state index contributed by atoms with van der Waals surface area (Å²) in [6, 6.07) is 13.9. The summed E-state index contributed by atoms with van der Waals surface area (Å²) in [6.45, 7) is 0. The van der Waals surface area contributed by atoms with Gasteiger partial charge < -0.3 is 14.7 Å². The largest absolute Gasteiger partial charge is 0.508 e. The molecular formula is C16H14N2O3. The van der Waals surface area contributed by atoms with Gasteiger partial charge in [0, 0.05) is 12.0 Å². The van der Waals surface area contributed by atoms with E-state index >= 15 is 0 Å². The second kappa shape index (κ2) is 5.66. The molecule has 0 aliphatic heterocycles. The number of aromatic hydroxyl groups is 2. The van der Waals surface area contributed by atoms with Crippen LogP contribution in [-0.4, -0.2) is 20.4 Å². The molecule has 0 saturated heterocycles. The monoisotopic (exact) mass is 282 g/mol. The van der Waals surface area contributed by atoms with Crippen molar-refractivity contribution >= 4 is 0 Å². The van der Waals surface area contributed by atoms with Crippen LogP contribution in [0.4, 0.5) is 0 Å². The SMILES string of the molecule is Oc1ccc(Cc2noc(Cc3ccccc3O)n2)cc1. The van der Waals surface area contributed by atoms with Crippen molar-refractivity contribution in [2.24, 2.45) is 0 Å². The third kappa shape index (κ3) is 3.20. The average molecular weight is 282 g/mol. The van der Waals surface area contributed by atoms with Crippen molar-refractivity contribution in [3.63, 3.8) is 0 Å². The Morgan fingerprint density at radius 2 is 1.67 bits per heavy atom. The normalized spacial score (nSPS) is 10.7. The molecule has 0 fully saturated rings. The van der Waals surface area contributed by atoms with Crippen LogP contribution in [-0.2, 0) is 12.8 Å². The Morgan fingerprint density at radius 1 is 0.905 bits per heavy atom. The van der Waals surface area contributed by atoms with Crippen LogP contribution >= 0.6 is 0 Å². The van der Waals surface area contributed by atoms with E-state index in [1.165, 1.54) is 0 Å². The van der Waals surface area contributed by atoms with Crippen molar-refractivity contribution in [3.8, 4) is 11.5 Å². The van der Waals surface area contributed by atoms with Crippen molar-refractivity contribution in [3.05, 3.63) is 71.4 Å². The number of phenolic OH excluding ortho intramolecular Hbond substituents is 2. The van der Waals surface area contributed by atoms with Gasteiger partial charge in [0.2, 0.25) is 5.89 Å². The van der Waals surface area contributed by atoms with E-state index < -0.39 is 0 Å². The molecule has 0 aliphatic carbocycles. The predicted molar refractivity (Wildman–Crippen MR) is 76.1 cm³/mol. The maximum atomic E-state index is 9.73. The smallest absolute Gasteiger partial charge is 0.231 e. The zero-order valence-electron chi connectivity index (χ0n) is 11.2. The highest BCUT2D eigenvalue weighted by atomic mass is 16.5. The summed E-state index contributed by atoms with van der Waals surface area (Å²) in [5.74, 6) is 1.49. The van der Waals surface area contributed by atoms with Crippen LogP contribution in [0.15, 0.2) is 53.1 Å². The first-order chi connectivity index (χ1) is 10.2. The van der Waals surface area contributed by atoms with E-state index in [4.69, 9.17) is 4.52 Å². The Morgan fingerprint density at radius 3 is 2.43 bits per heavy atom. The van der Waals surface area contributed by atoms with Crippen molar-refractivity contribution in [1.82, 2.24) is 10.1 Å². The molecular weight excluding hydrogens is 268 g/mol. The van der Waals surface area contributed by atoms with Crippen molar-refractivity contribution in [1.29, 1.82) is 0 Å². The summed E-state index contributed by atoms with van der Waals surface area (Å²) in [4.78, 5) is 4.31. The number of phenols is 2. The van der Waals surface area contributed by atoms with Crippen molar-refractivity contribution in [2.75, 3.05) is 0 Å². The summed E-state index contributed by atoms with van der Waals surface area (Å²) in [7, 11) is 0. The van der Waals surface area contributed by atoms with E-state index in [0.29, 0.717) is 24.6 Å². The van der Waals surface area contributed by atoms with Gasteiger partial charge in [0.25, 0.3) is 0 Å². The first-order valence-corrected chi connectivity index (χ1v) is 6.57. The summed E-state index contributed by atoms with van der Waals surface area (Å²) in [5, 5.41) is 22.9. The molecule has 1 heterocycles. The molecule has 0 unspecified atom stereocenters. The van der Waals surface area contributed by atoms with Gasteiger partial charge in [-0.3, -0.25) is 0 Å². The van der Waals surface area contributed by atoms with E-state index in [9.17, 15) is 10.2 Å². The molecule has 0 amide bonds. The molecule has 0 saturated carbocycles. The Labute approximate surface area is 121 Å². The average Bonchev–Trinajstić information content (AvgIpc) is 2.91. The minimum Gasteiger partial charge on any atom is -0.508 e. The highest BCUT2D eigenvalue weighted by Crippen LogP contribution is 2.19. The molecule has 3 aromatic rings. The maximum Gasteiger partial charge on any atom is 0.231 e. The van der Waals surface area contributed by atoms with Crippen LogP contribution in [0.3, 0.4) is 0 Å². The van der Waals surface area contributed by atoms with E-state index in [0.717, 1.165) is 11.1 Å². The van der Waals surface area contributed by atoms with E-state index in [1.807, 2.05) is 24.3 Å². The minimum atomic E-state index is 0.218. The standard InChI is InChI=1S/C16H14N2O3/c19-13-7-5-11(6-8-13)9-15-17-16(21-18-15)10-12-3-1-2-4-14(12)20/h1-8,19-20H,9-10H2. The number of benzene rings is 2. The van der Waals surface area contributed by atoms with E-state index in [-0.39, 0.29) is 11.5 Å². The van der Waals surface area contributed by atoms with Gasteiger partial charge in [-0.25, -0.2) is 0 Å². The molecule has 0 radical (unpaired) electrons. The lowest BCUT2D eigenvalue weighted by Crippen LogP contribution is -1.92. The molecule has 0 bridgehead atoms. The van der Waals surface area contributed by atoms with Gasteiger partial charge in [-0.1, -0.05) is 35.5 Å². The Balaban J connectivity index is 1.72. The summed E-state index contributed by atoms with van der Waals surface area (Å²) in [5.41, 5.74) is 1.74. The molecule has 0 atom stereocenters. The first kappa shape index (κ1) is 13.2. The molecule has 2 aromatic carbocycles. The number of nitrogens with zero attached hydrogens (tertiary/aromatic N) is 2. The quantitative estimate of drug-likeness (QED) is 0.769. The lowest BCUT2D eigenvalue weighted by Gasteiger charge is -1.99.